The first-order valence-corrected chi connectivity index (χ1v) is 8.98. The quantitative estimate of drug-likeness (QED) is 0.546. The van der Waals surface area contributed by atoms with Crippen molar-refractivity contribution in [2.75, 3.05) is 7.11 Å². The van der Waals surface area contributed by atoms with Gasteiger partial charge in [-0.15, -0.1) is 0 Å². The fourth-order valence-corrected chi connectivity index (χ4v) is 3.49. The molecule has 5 nitrogen and oxygen atoms in total. The summed E-state index contributed by atoms with van der Waals surface area (Å²) in [6.45, 7) is 0.948. The molecule has 0 saturated heterocycles. The number of nitrogens with one attached hydrogen (secondary N) is 1. The van der Waals surface area contributed by atoms with E-state index in [1.54, 1.807) is 0 Å². The highest BCUT2D eigenvalue weighted by Gasteiger charge is 2.39. The number of aromatic nitrogens is 3. The van der Waals surface area contributed by atoms with Crippen molar-refractivity contribution in [2.45, 2.75) is 32.4 Å². The van der Waals surface area contributed by atoms with Crippen molar-refractivity contribution < 1.29 is 27.4 Å². The summed E-state index contributed by atoms with van der Waals surface area (Å²) in [5, 5.41) is 13.4. The number of aliphatic hydroxyl groups excluding tert-OH is 1. The Morgan fingerprint density at radius 3 is 2.62 bits per heavy atom. The number of hydrogen-bond acceptors (Lipinski definition) is 3. The first kappa shape index (κ1) is 21.4. The average Bonchev–Trinajstić information content (AvgIpc) is 3.19. The largest absolute Gasteiger partial charge is 0.433 e. The summed E-state index contributed by atoms with van der Waals surface area (Å²) >= 11 is 6.14. The number of H-pyrrole nitrogens is 1. The fraction of sp³-hybridized carbons (Fsp3) is 0.316. The van der Waals surface area contributed by atoms with E-state index in [-0.39, 0.29) is 35.0 Å². The smallest absolute Gasteiger partial charge is 0.391 e. The normalized spacial score (nSPS) is 13.1. The maximum absolute atomic E-state index is 14.4. The van der Waals surface area contributed by atoms with Crippen molar-refractivity contribution in [3.05, 3.63) is 52.7 Å². The van der Waals surface area contributed by atoms with Crippen molar-refractivity contribution in [3.63, 3.8) is 0 Å². The van der Waals surface area contributed by atoms with Crippen LogP contribution in [0.25, 0.3) is 22.4 Å². The first-order valence-electron chi connectivity index (χ1n) is 8.60. The summed E-state index contributed by atoms with van der Waals surface area (Å²) in [5.74, 6) is -0.610. The molecule has 0 bridgehead atoms. The number of alkyl halides is 3. The molecule has 0 fully saturated rings. The van der Waals surface area contributed by atoms with Gasteiger partial charge in [-0.1, -0.05) is 17.7 Å². The van der Waals surface area contributed by atoms with Gasteiger partial charge < -0.3 is 14.8 Å². The highest BCUT2D eigenvalue weighted by atomic mass is 35.5. The van der Waals surface area contributed by atoms with E-state index in [1.807, 2.05) is 0 Å². The summed E-state index contributed by atoms with van der Waals surface area (Å²) in [5.41, 5.74) is -0.505. The molecule has 2 aromatic heterocycles. The van der Waals surface area contributed by atoms with Crippen molar-refractivity contribution in [1.29, 1.82) is 0 Å². The second kappa shape index (κ2) is 8.17. The van der Waals surface area contributed by atoms with Gasteiger partial charge in [0.05, 0.1) is 36.2 Å². The summed E-state index contributed by atoms with van der Waals surface area (Å²) in [6.07, 6.45) is -3.31. The minimum atomic E-state index is -4.73. The van der Waals surface area contributed by atoms with Gasteiger partial charge in [-0.2, -0.15) is 18.3 Å². The topological polar surface area (TPSA) is 63.1 Å². The summed E-state index contributed by atoms with van der Waals surface area (Å²) in [7, 11) is 1.38. The molecule has 1 atom stereocenters. The summed E-state index contributed by atoms with van der Waals surface area (Å²) in [6, 6.07) is 4.14. The van der Waals surface area contributed by atoms with E-state index in [9.17, 15) is 22.7 Å². The molecule has 0 saturated carbocycles. The van der Waals surface area contributed by atoms with E-state index in [0.29, 0.717) is 15.8 Å². The standard InChI is InChI=1S/C19H18ClF4N3O2/c1-10(28)8-27-18(19(22,23)24)12(7-26-27)17-13(9-29-2)11(6-25-17)16-14(20)4-3-5-15(16)21/h3-7,10,25,28H,8-9H2,1-2H3/t10-/m0/s1. The zero-order chi connectivity index (χ0) is 21.3. The Morgan fingerprint density at radius 1 is 1.31 bits per heavy atom. The minimum absolute atomic E-state index is 0.0636. The number of nitrogens with zero attached hydrogens (tertiary/aromatic N) is 2. The molecule has 29 heavy (non-hydrogen) atoms. The van der Waals surface area contributed by atoms with Crippen LogP contribution in [0.15, 0.2) is 30.6 Å². The number of aliphatic hydroxyl groups is 1. The molecule has 3 rings (SSSR count). The number of halogens is 5. The lowest BCUT2D eigenvalue weighted by molar-refractivity contribution is -0.144. The van der Waals surface area contributed by atoms with Gasteiger partial charge in [-0.05, 0) is 19.1 Å². The number of methoxy groups -OCH3 is 1. The van der Waals surface area contributed by atoms with Crippen molar-refractivity contribution in [1.82, 2.24) is 14.8 Å². The molecule has 0 spiro atoms. The molecule has 0 aliphatic heterocycles. The van der Waals surface area contributed by atoms with Crippen LogP contribution in [0.3, 0.4) is 0 Å². The molecular weight excluding hydrogens is 414 g/mol. The Balaban J connectivity index is 2.23. The van der Waals surface area contributed by atoms with Gasteiger partial charge in [0.1, 0.15) is 5.82 Å². The third-order valence-corrected chi connectivity index (χ3v) is 4.64. The van der Waals surface area contributed by atoms with Crippen molar-refractivity contribution in [3.8, 4) is 22.4 Å². The van der Waals surface area contributed by atoms with Crippen molar-refractivity contribution >= 4 is 11.6 Å². The predicted molar refractivity (Wildman–Crippen MR) is 99.8 cm³/mol. The van der Waals surface area contributed by atoms with E-state index < -0.39 is 23.8 Å². The van der Waals surface area contributed by atoms with E-state index in [2.05, 4.69) is 10.1 Å². The third-order valence-electron chi connectivity index (χ3n) is 4.32. The molecule has 2 N–H and O–H groups in total. The highest BCUT2D eigenvalue weighted by molar-refractivity contribution is 6.33. The maximum Gasteiger partial charge on any atom is 0.433 e. The van der Waals surface area contributed by atoms with Crippen LogP contribution in [0.2, 0.25) is 5.02 Å². The van der Waals surface area contributed by atoms with Gasteiger partial charge >= 0.3 is 6.18 Å². The van der Waals surface area contributed by atoms with Crippen molar-refractivity contribution in [2.24, 2.45) is 0 Å². The molecule has 3 aromatic rings. The molecule has 1 aromatic carbocycles. The van der Waals surface area contributed by atoms with Crippen LogP contribution in [-0.4, -0.2) is 33.1 Å². The van der Waals surface area contributed by atoms with E-state index >= 15 is 0 Å². The SMILES string of the molecule is COCc1c(-c2c(F)cccc2Cl)c[nH]c1-c1cnn(C[C@H](C)O)c1C(F)(F)F. The van der Waals surface area contributed by atoms with E-state index in [0.717, 1.165) is 6.20 Å². The van der Waals surface area contributed by atoms with Crippen LogP contribution in [-0.2, 0) is 24.1 Å². The van der Waals surface area contributed by atoms with Gasteiger partial charge in [0.15, 0.2) is 5.69 Å². The van der Waals surface area contributed by atoms with Crippen LogP contribution < -0.4 is 0 Å². The lowest BCUT2D eigenvalue weighted by Gasteiger charge is -2.14. The van der Waals surface area contributed by atoms with Crippen LogP contribution in [0.5, 0.6) is 0 Å². The Morgan fingerprint density at radius 2 is 2.03 bits per heavy atom. The summed E-state index contributed by atoms with van der Waals surface area (Å²) < 4.78 is 61.6. The number of aromatic amines is 1. The van der Waals surface area contributed by atoms with Crippen LogP contribution in [0.4, 0.5) is 17.6 Å². The van der Waals surface area contributed by atoms with Crippen LogP contribution in [0, 0.1) is 5.82 Å². The van der Waals surface area contributed by atoms with E-state index in [1.165, 1.54) is 38.4 Å². The van der Waals surface area contributed by atoms with Gasteiger partial charge in [-0.25, -0.2) is 4.39 Å². The molecule has 10 heteroatoms. The fourth-order valence-electron chi connectivity index (χ4n) is 3.22. The minimum Gasteiger partial charge on any atom is -0.391 e. The average molecular weight is 432 g/mol. The summed E-state index contributed by atoms with van der Waals surface area (Å²) in [4.78, 5) is 2.79. The second-order valence-corrected chi connectivity index (χ2v) is 6.93. The molecule has 0 radical (unpaired) electrons. The number of rotatable bonds is 6. The number of hydrogen-bond donors (Lipinski definition) is 2. The first-order chi connectivity index (χ1) is 13.6. The predicted octanol–water partition coefficient (Wildman–Crippen LogP) is 4.88. The third kappa shape index (κ3) is 4.17. The van der Waals surface area contributed by atoms with Gasteiger partial charge in [0.2, 0.25) is 0 Å². The molecule has 0 aliphatic rings. The van der Waals surface area contributed by atoms with Gasteiger partial charge in [0.25, 0.3) is 0 Å². The number of benzene rings is 1. The molecule has 156 valence electrons. The Hall–Kier alpha value is -2.36. The Kier molecular flexibility index (Phi) is 6.02. The zero-order valence-electron chi connectivity index (χ0n) is 15.5. The molecule has 2 heterocycles. The monoisotopic (exact) mass is 431 g/mol. The zero-order valence-corrected chi connectivity index (χ0v) is 16.3. The molecule has 0 amide bonds. The van der Waals surface area contributed by atoms with Gasteiger partial charge in [0, 0.05) is 35.6 Å². The Labute approximate surface area is 168 Å². The van der Waals surface area contributed by atoms with E-state index in [4.69, 9.17) is 16.3 Å². The molecule has 0 aliphatic carbocycles. The van der Waals surface area contributed by atoms with Gasteiger partial charge in [-0.3, -0.25) is 4.68 Å². The second-order valence-electron chi connectivity index (χ2n) is 6.52. The van der Waals surface area contributed by atoms with Crippen LogP contribution >= 0.6 is 11.6 Å². The van der Waals surface area contributed by atoms with Crippen LogP contribution in [0.1, 0.15) is 18.2 Å². The lowest BCUT2D eigenvalue weighted by Crippen LogP contribution is -2.21. The highest BCUT2D eigenvalue weighted by Crippen LogP contribution is 2.42. The Bertz CT molecular complexity index is 991. The molecule has 0 unspecified atom stereocenters. The maximum atomic E-state index is 14.4. The number of ether oxygens (including phenoxy) is 1. The lowest BCUT2D eigenvalue weighted by atomic mass is 10.00. The molecular formula is C19H18ClF4N3O2.